The minimum Gasteiger partial charge on any atom is -0.480 e. The normalized spacial score (nSPS) is 12.8. The molecule has 1 atom stereocenters. The minimum absolute atomic E-state index is 0.482. The molecule has 12 heavy (non-hydrogen) atoms. The highest BCUT2D eigenvalue weighted by Crippen LogP contribution is 1.78. The fraction of sp³-hybridized carbons (Fsp3) is 0.857. The second-order valence-corrected chi connectivity index (χ2v) is 2.55. The van der Waals surface area contributed by atoms with E-state index in [1.54, 1.807) is 6.92 Å². The third-order valence-corrected chi connectivity index (χ3v) is 1.44. The summed E-state index contributed by atoms with van der Waals surface area (Å²) < 4.78 is 0. The van der Waals surface area contributed by atoms with Crippen molar-refractivity contribution in [1.29, 1.82) is 0 Å². The van der Waals surface area contributed by atoms with Gasteiger partial charge in [-0.05, 0) is 6.92 Å². The number of hydrogen-bond acceptors (Lipinski definition) is 4. The van der Waals surface area contributed by atoms with Crippen molar-refractivity contribution >= 4 is 5.97 Å². The Morgan fingerprint density at radius 2 is 2.17 bits per heavy atom. The first kappa shape index (κ1) is 11.4. The number of nitrogens with one attached hydrogen (secondary N) is 2. The van der Waals surface area contributed by atoms with Gasteiger partial charge < -0.3 is 21.5 Å². The molecule has 0 aromatic rings. The van der Waals surface area contributed by atoms with Crippen LogP contribution in [0.3, 0.4) is 0 Å². The molecule has 0 aliphatic rings. The van der Waals surface area contributed by atoms with Gasteiger partial charge in [-0.1, -0.05) is 0 Å². The summed E-state index contributed by atoms with van der Waals surface area (Å²) in [5.74, 6) is -0.825. The van der Waals surface area contributed by atoms with Crippen LogP contribution in [-0.4, -0.2) is 43.3 Å². The highest BCUT2D eigenvalue weighted by Gasteiger charge is 2.07. The Morgan fingerprint density at radius 1 is 1.50 bits per heavy atom. The van der Waals surface area contributed by atoms with Crippen molar-refractivity contribution in [2.24, 2.45) is 5.73 Å². The Balaban J connectivity index is 3.14. The molecule has 0 heterocycles. The number of aliphatic carboxylic acids is 1. The lowest BCUT2D eigenvalue weighted by Gasteiger charge is -2.08. The van der Waals surface area contributed by atoms with Gasteiger partial charge in [0, 0.05) is 26.2 Å². The van der Waals surface area contributed by atoms with Crippen LogP contribution in [0.5, 0.6) is 0 Å². The summed E-state index contributed by atoms with van der Waals surface area (Å²) in [5.41, 5.74) is 5.24. The van der Waals surface area contributed by atoms with E-state index < -0.39 is 12.0 Å². The molecule has 0 radical (unpaired) electrons. The predicted octanol–water partition coefficient (Wildman–Crippen LogP) is -1.40. The van der Waals surface area contributed by atoms with Crippen LogP contribution in [0.15, 0.2) is 0 Å². The molecular weight excluding hydrogens is 158 g/mol. The average molecular weight is 175 g/mol. The van der Waals surface area contributed by atoms with Gasteiger partial charge in [-0.3, -0.25) is 4.79 Å². The van der Waals surface area contributed by atoms with E-state index in [4.69, 9.17) is 10.8 Å². The van der Waals surface area contributed by atoms with Gasteiger partial charge >= 0.3 is 5.97 Å². The average Bonchev–Trinajstić information content (AvgIpc) is 2.03. The molecule has 0 saturated carbocycles. The van der Waals surface area contributed by atoms with Crippen molar-refractivity contribution in [1.82, 2.24) is 10.6 Å². The lowest BCUT2D eigenvalue weighted by atomic mass is 10.3. The fourth-order valence-corrected chi connectivity index (χ4v) is 0.691. The minimum atomic E-state index is -0.825. The first-order valence-electron chi connectivity index (χ1n) is 4.05. The van der Waals surface area contributed by atoms with Gasteiger partial charge in [0.15, 0.2) is 0 Å². The topological polar surface area (TPSA) is 87.4 Å². The second kappa shape index (κ2) is 7.02. The van der Waals surface area contributed by atoms with E-state index in [1.807, 2.05) is 0 Å². The van der Waals surface area contributed by atoms with E-state index in [-0.39, 0.29) is 0 Å². The molecular formula is C7H17N3O2. The Bertz CT molecular complexity index is 130. The van der Waals surface area contributed by atoms with Gasteiger partial charge in [-0.2, -0.15) is 0 Å². The van der Waals surface area contributed by atoms with Crippen LogP contribution in [-0.2, 0) is 4.79 Å². The highest BCUT2D eigenvalue weighted by molar-refractivity contribution is 5.72. The van der Waals surface area contributed by atoms with Gasteiger partial charge in [-0.15, -0.1) is 0 Å². The molecule has 0 saturated heterocycles. The zero-order chi connectivity index (χ0) is 9.40. The largest absolute Gasteiger partial charge is 0.480 e. The molecule has 0 aliphatic carbocycles. The number of rotatable bonds is 7. The van der Waals surface area contributed by atoms with Crippen LogP contribution >= 0.6 is 0 Å². The standard InChI is InChI=1S/C7H17N3O2/c1-6(7(11)12)10-5-4-9-3-2-8/h6,9-10H,2-5,8H2,1H3,(H,11,12)/t6-/m0/s1. The van der Waals surface area contributed by atoms with Crippen LogP contribution in [0.2, 0.25) is 0 Å². The molecule has 0 amide bonds. The van der Waals surface area contributed by atoms with E-state index in [1.165, 1.54) is 0 Å². The van der Waals surface area contributed by atoms with E-state index in [0.29, 0.717) is 13.1 Å². The number of carboxylic acids is 1. The molecule has 72 valence electrons. The summed E-state index contributed by atoms with van der Waals surface area (Å²) in [7, 11) is 0. The summed E-state index contributed by atoms with van der Waals surface area (Å²) in [6.07, 6.45) is 0. The van der Waals surface area contributed by atoms with Crippen molar-refractivity contribution in [3.05, 3.63) is 0 Å². The molecule has 5 N–H and O–H groups in total. The summed E-state index contributed by atoms with van der Waals surface area (Å²) in [5, 5.41) is 14.4. The van der Waals surface area contributed by atoms with Crippen LogP contribution in [0.25, 0.3) is 0 Å². The lowest BCUT2D eigenvalue weighted by Crippen LogP contribution is -2.38. The zero-order valence-corrected chi connectivity index (χ0v) is 7.34. The Kier molecular flexibility index (Phi) is 6.64. The van der Waals surface area contributed by atoms with Crippen LogP contribution in [0.4, 0.5) is 0 Å². The first-order valence-corrected chi connectivity index (χ1v) is 4.05. The third kappa shape index (κ3) is 6.09. The monoisotopic (exact) mass is 175 g/mol. The molecule has 0 aromatic carbocycles. The first-order chi connectivity index (χ1) is 5.68. The Morgan fingerprint density at radius 3 is 2.67 bits per heavy atom. The van der Waals surface area contributed by atoms with E-state index in [0.717, 1.165) is 13.1 Å². The van der Waals surface area contributed by atoms with E-state index >= 15 is 0 Å². The van der Waals surface area contributed by atoms with Crippen molar-refractivity contribution in [2.75, 3.05) is 26.2 Å². The van der Waals surface area contributed by atoms with Gasteiger partial charge in [-0.25, -0.2) is 0 Å². The Hall–Kier alpha value is -0.650. The summed E-state index contributed by atoms with van der Waals surface area (Å²) in [6.45, 7) is 4.38. The molecule has 0 fully saturated rings. The maximum atomic E-state index is 10.3. The SMILES string of the molecule is C[C@H](NCCNCCN)C(=O)O. The summed E-state index contributed by atoms with van der Waals surface area (Å²) in [6, 6.07) is -0.482. The molecule has 0 spiro atoms. The number of carbonyl (C=O) groups is 1. The van der Waals surface area contributed by atoms with Crippen molar-refractivity contribution in [3.8, 4) is 0 Å². The van der Waals surface area contributed by atoms with Crippen molar-refractivity contribution in [3.63, 3.8) is 0 Å². The number of carboxylic acid groups (broad SMARTS) is 1. The van der Waals surface area contributed by atoms with Gasteiger partial charge in [0.2, 0.25) is 0 Å². The van der Waals surface area contributed by atoms with Gasteiger partial charge in [0.1, 0.15) is 6.04 Å². The lowest BCUT2D eigenvalue weighted by molar-refractivity contribution is -0.138. The number of hydrogen-bond donors (Lipinski definition) is 4. The van der Waals surface area contributed by atoms with Crippen LogP contribution < -0.4 is 16.4 Å². The fourth-order valence-electron chi connectivity index (χ4n) is 0.691. The zero-order valence-electron chi connectivity index (χ0n) is 7.34. The molecule has 0 aromatic heterocycles. The van der Waals surface area contributed by atoms with Gasteiger partial charge in [0.25, 0.3) is 0 Å². The third-order valence-electron chi connectivity index (χ3n) is 1.44. The Labute approximate surface area is 72.3 Å². The highest BCUT2D eigenvalue weighted by atomic mass is 16.4. The predicted molar refractivity (Wildman–Crippen MR) is 47.0 cm³/mol. The van der Waals surface area contributed by atoms with Crippen LogP contribution in [0, 0.1) is 0 Å². The maximum Gasteiger partial charge on any atom is 0.320 e. The summed E-state index contributed by atoms with van der Waals surface area (Å²) >= 11 is 0. The molecule has 5 nitrogen and oxygen atoms in total. The van der Waals surface area contributed by atoms with Crippen LogP contribution in [0.1, 0.15) is 6.92 Å². The number of nitrogens with two attached hydrogens (primary N) is 1. The molecule has 0 bridgehead atoms. The maximum absolute atomic E-state index is 10.3. The smallest absolute Gasteiger partial charge is 0.320 e. The van der Waals surface area contributed by atoms with E-state index in [2.05, 4.69) is 10.6 Å². The molecule has 0 aliphatic heterocycles. The summed E-state index contributed by atoms with van der Waals surface area (Å²) in [4.78, 5) is 10.3. The van der Waals surface area contributed by atoms with Gasteiger partial charge in [0.05, 0.1) is 0 Å². The molecule has 0 unspecified atom stereocenters. The second-order valence-electron chi connectivity index (χ2n) is 2.55. The quantitative estimate of drug-likeness (QED) is 0.357. The molecule has 5 heteroatoms. The van der Waals surface area contributed by atoms with Crippen molar-refractivity contribution < 1.29 is 9.90 Å². The molecule has 0 rings (SSSR count). The van der Waals surface area contributed by atoms with E-state index in [9.17, 15) is 4.79 Å². The van der Waals surface area contributed by atoms with Crippen molar-refractivity contribution in [2.45, 2.75) is 13.0 Å².